The molecule has 6 nitrogen and oxygen atoms in total. The molecule has 3 rings (SSSR count). The number of hydrogen-bond acceptors (Lipinski definition) is 4. The fourth-order valence-corrected chi connectivity index (χ4v) is 3.32. The maximum Gasteiger partial charge on any atom is 0.312 e. The first-order valence-corrected chi connectivity index (χ1v) is 9.57. The summed E-state index contributed by atoms with van der Waals surface area (Å²) in [4.78, 5) is 38.7. The van der Waals surface area contributed by atoms with Gasteiger partial charge in [0, 0.05) is 19.0 Å². The number of esters is 1. The highest BCUT2D eigenvalue weighted by Crippen LogP contribution is 2.29. The van der Waals surface area contributed by atoms with Crippen LogP contribution >= 0.6 is 0 Å². The van der Waals surface area contributed by atoms with Crippen LogP contribution in [0.25, 0.3) is 0 Å². The van der Waals surface area contributed by atoms with Crippen LogP contribution in [-0.2, 0) is 19.1 Å². The Kier molecular flexibility index (Phi) is 6.44. The number of likely N-dealkylation sites (tertiary alicyclic amines) is 1. The van der Waals surface area contributed by atoms with Gasteiger partial charge in [0.25, 0.3) is 5.91 Å². The van der Waals surface area contributed by atoms with E-state index in [-0.39, 0.29) is 30.6 Å². The zero-order chi connectivity index (χ0) is 21.8. The van der Waals surface area contributed by atoms with Crippen LogP contribution in [0, 0.1) is 17.6 Å². The summed E-state index contributed by atoms with van der Waals surface area (Å²) in [6.45, 7) is 3.42. The zero-order valence-corrected chi connectivity index (χ0v) is 16.6. The molecule has 158 valence electrons. The van der Waals surface area contributed by atoms with E-state index in [1.165, 1.54) is 6.92 Å². The minimum atomic E-state index is -1.21. The molecule has 1 aliphatic heterocycles. The first-order chi connectivity index (χ1) is 14.3. The molecule has 1 saturated heterocycles. The molecule has 1 heterocycles. The van der Waals surface area contributed by atoms with E-state index in [9.17, 15) is 23.2 Å². The molecule has 1 fully saturated rings. The van der Waals surface area contributed by atoms with Gasteiger partial charge in [-0.05, 0) is 31.5 Å². The summed E-state index contributed by atoms with van der Waals surface area (Å²) >= 11 is 0. The van der Waals surface area contributed by atoms with Gasteiger partial charge in [0.05, 0.1) is 17.6 Å². The van der Waals surface area contributed by atoms with E-state index in [4.69, 9.17) is 4.74 Å². The molecule has 1 N–H and O–H groups in total. The van der Waals surface area contributed by atoms with Crippen molar-refractivity contribution in [2.24, 2.45) is 5.92 Å². The number of rotatable bonds is 6. The number of amides is 2. The Labute approximate surface area is 172 Å². The maximum absolute atomic E-state index is 13.7. The van der Waals surface area contributed by atoms with Crippen molar-refractivity contribution in [1.82, 2.24) is 4.90 Å². The fraction of sp³-hybridized carbons (Fsp3) is 0.318. The number of carbonyl (C=O) groups is 3. The van der Waals surface area contributed by atoms with Crippen LogP contribution in [0.2, 0.25) is 0 Å². The normalized spacial score (nSPS) is 18.1. The van der Waals surface area contributed by atoms with Crippen LogP contribution in [0.5, 0.6) is 0 Å². The first-order valence-electron chi connectivity index (χ1n) is 9.57. The highest BCUT2D eigenvalue weighted by Gasteiger charge is 2.38. The fourth-order valence-electron chi connectivity index (χ4n) is 3.32. The lowest BCUT2D eigenvalue weighted by atomic mass is 10.1. The van der Waals surface area contributed by atoms with Gasteiger partial charge in [0.2, 0.25) is 5.91 Å². The summed E-state index contributed by atoms with van der Waals surface area (Å²) < 4.78 is 31.8. The van der Waals surface area contributed by atoms with Crippen molar-refractivity contribution in [3.05, 3.63) is 65.7 Å². The van der Waals surface area contributed by atoms with Gasteiger partial charge in [-0.2, -0.15) is 0 Å². The number of halogens is 2. The summed E-state index contributed by atoms with van der Waals surface area (Å²) in [6.07, 6.45) is -1.21. The van der Waals surface area contributed by atoms with Crippen molar-refractivity contribution < 1.29 is 27.9 Å². The van der Waals surface area contributed by atoms with Crippen LogP contribution in [0.15, 0.2) is 48.5 Å². The number of benzene rings is 2. The Morgan fingerprint density at radius 3 is 2.50 bits per heavy atom. The second kappa shape index (κ2) is 9.02. The van der Waals surface area contributed by atoms with E-state index in [1.54, 1.807) is 4.90 Å². The van der Waals surface area contributed by atoms with E-state index >= 15 is 0 Å². The Hall–Kier alpha value is -3.29. The number of nitrogens with one attached hydrogen (secondary N) is 1. The standard InChI is InChI=1S/C22H22F2N2O4/c1-13(15-6-4-3-5-7-15)26-12-16(10-20(26)27)22(29)30-14(2)21(28)25-19-9-8-17(23)11-18(19)24/h3-9,11,13-14,16H,10,12H2,1-2H3,(H,25,28)/t13-,14-,16-/m0/s1. The van der Waals surface area contributed by atoms with Crippen molar-refractivity contribution in [2.45, 2.75) is 32.4 Å². The molecule has 0 bridgehead atoms. The summed E-state index contributed by atoms with van der Waals surface area (Å²) in [6, 6.07) is 12.0. The summed E-state index contributed by atoms with van der Waals surface area (Å²) in [5, 5.41) is 2.26. The number of hydrogen-bond donors (Lipinski definition) is 1. The molecule has 0 unspecified atom stereocenters. The van der Waals surface area contributed by atoms with Crippen LogP contribution in [0.1, 0.15) is 31.9 Å². The molecular formula is C22H22F2N2O4. The number of ether oxygens (including phenoxy) is 1. The topological polar surface area (TPSA) is 75.7 Å². The third-order valence-electron chi connectivity index (χ3n) is 5.09. The van der Waals surface area contributed by atoms with Crippen LogP contribution in [-0.4, -0.2) is 35.3 Å². The Balaban J connectivity index is 1.57. The summed E-state index contributed by atoms with van der Waals surface area (Å²) in [7, 11) is 0. The highest BCUT2D eigenvalue weighted by molar-refractivity contribution is 5.95. The molecule has 2 amide bonds. The molecule has 1 aliphatic rings. The van der Waals surface area contributed by atoms with Gasteiger partial charge in [-0.1, -0.05) is 30.3 Å². The number of anilines is 1. The van der Waals surface area contributed by atoms with E-state index in [0.717, 1.165) is 17.7 Å². The summed E-state index contributed by atoms with van der Waals surface area (Å²) in [5.41, 5.74) is 0.733. The van der Waals surface area contributed by atoms with E-state index in [1.807, 2.05) is 37.3 Å². The van der Waals surface area contributed by atoms with Crippen LogP contribution in [0.3, 0.4) is 0 Å². The van der Waals surface area contributed by atoms with Crippen molar-refractivity contribution >= 4 is 23.5 Å². The smallest absolute Gasteiger partial charge is 0.312 e. The van der Waals surface area contributed by atoms with Crippen molar-refractivity contribution in [3.63, 3.8) is 0 Å². The highest BCUT2D eigenvalue weighted by atomic mass is 19.1. The molecule has 0 spiro atoms. The quantitative estimate of drug-likeness (QED) is 0.732. The molecule has 30 heavy (non-hydrogen) atoms. The molecule has 0 aromatic heterocycles. The SMILES string of the molecule is C[C@H](OC(=O)[C@H]1CC(=O)N([C@@H](C)c2ccccc2)C1)C(=O)Nc1ccc(F)cc1F. The van der Waals surface area contributed by atoms with Gasteiger partial charge < -0.3 is 15.0 Å². The average Bonchev–Trinajstić information content (AvgIpc) is 3.11. The lowest BCUT2D eigenvalue weighted by molar-refractivity contribution is -0.157. The molecule has 2 aromatic carbocycles. The van der Waals surface area contributed by atoms with Gasteiger partial charge in [-0.25, -0.2) is 8.78 Å². The van der Waals surface area contributed by atoms with Gasteiger partial charge in [0.1, 0.15) is 11.6 Å². The second-order valence-electron chi connectivity index (χ2n) is 7.23. The summed E-state index contributed by atoms with van der Waals surface area (Å²) in [5.74, 6) is -4.00. The number of nitrogens with zero attached hydrogens (tertiary/aromatic N) is 1. The maximum atomic E-state index is 13.7. The average molecular weight is 416 g/mol. The van der Waals surface area contributed by atoms with Crippen molar-refractivity contribution in [2.75, 3.05) is 11.9 Å². The largest absolute Gasteiger partial charge is 0.452 e. The third kappa shape index (κ3) is 4.82. The lowest BCUT2D eigenvalue weighted by Gasteiger charge is -2.25. The van der Waals surface area contributed by atoms with Crippen molar-refractivity contribution in [1.29, 1.82) is 0 Å². The molecule has 0 radical (unpaired) electrons. The Morgan fingerprint density at radius 1 is 1.13 bits per heavy atom. The zero-order valence-electron chi connectivity index (χ0n) is 16.6. The van der Waals surface area contributed by atoms with Gasteiger partial charge >= 0.3 is 5.97 Å². The minimum Gasteiger partial charge on any atom is -0.452 e. The molecule has 0 aliphatic carbocycles. The monoisotopic (exact) mass is 416 g/mol. The van der Waals surface area contributed by atoms with Gasteiger partial charge in [-0.3, -0.25) is 14.4 Å². The molecule has 0 saturated carbocycles. The molecule has 8 heteroatoms. The van der Waals surface area contributed by atoms with E-state index < -0.39 is 35.5 Å². The predicted molar refractivity (Wildman–Crippen MR) is 105 cm³/mol. The lowest BCUT2D eigenvalue weighted by Crippen LogP contribution is -2.34. The van der Waals surface area contributed by atoms with Gasteiger partial charge in [-0.15, -0.1) is 0 Å². The van der Waals surface area contributed by atoms with Gasteiger partial charge in [0.15, 0.2) is 6.10 Å². The molecule has 2 aromatic rings. The Morgan fingerprint density at radius 2 is 1.83 bits per heavy atom. The molecule has 3 atom stereocenters. The number of carbonyl (C=O) groups excluding carboxylic acids is 3. The Bertz CT molecular complexity index is 951. The predicted octanol–water partition coefficient (Wildman–Crippen LogP) is 3.44. The van der Waals surface area contributed by atoms with E-state index in [0.29, 0.717) is 6.07 Å². The van der Waals surface area contributed by atoms with Crippen LogP contribution in [0.4, 0.5) is 14.5 Å². The first kappa shape index (κ1) is 21.4. The second-order valence-corrected chi connectivity index (χ2v) is 7.23. The minimum absolute atomic E-state index is 0.00304. The third-order valence-corrected chi connectivity index (χ3v) is 5.09. The van der Waals surface area contributed by atoms with E-state index in [2.05, 4.69) is 5.32 Å². The van der Waals surface area contributed by atoms with Crippen LogP contribution < -0.4 is 5.32 Å². The molecular weight excluding hydrogens is 394 g/mol. The van der Waals surface area contributed by atoms with Crippen molar-refractivity contribution in [3.8, 4) is 0 Å².